The van der Waals surface area contributed by atoms with E-state index >= 15 is 0 Å². The predicted octanol–water partition coefficient (Wildman–Crippen LogP) is 3.66. The van der Waals surface area contributed by atoms with Crippen molar-refractivity contribution in [2.45, 2.75) is 44.6 Å². The highest BCUT2D eigenvalue weighted by atomic mass is 19.3. The molecule has 0 saturated carbocycles. The molecule has 2 heterocycles. The Kier molecular flexibility index (Phi) is 2.71. The minimum atomic E-state index is -2.92. The molecular weight excluding hydrogens is 260 g/mol. The standard InChI is InChI=1S/C15H17F2N3/c1-14(2,3)12-18-13-15(16,17)9-11(20(13)19-12)10-7-5-4-6-8-10/h4-8,11H,9H2,1-3H3. The van der Waals surface area contributed by atoms with Gasteiger partial charge in [-0.2, -0.15) is 13.9 Å². The number of fused-ring (bicyclic) bond motifs is 1. The molecule has 20 heavy (non-hydrogen) atoms. The van der Waals surface area contributed by atoms with Gasteiger partial charge in [-0.3, -0.25) is 0 Å². The topological polar surface area (TPSA) is 30.7 Å². The molecule has 1 atom stereocenters. The van der Waals surface area contributed by atoms with E-state index in [1.807, 2.05) is 51.1 Å². The van der Waals surface area contributed by atoms with Crippen LogP contribution < -0.4 is 0 Å². The average Bonchev–Trinajstić information content (AvgIpc) is 2.90. The van der Waals surface area contributed by atoms with Crippen molar-refractivity contribution < 1.29 is 8.78 Å². The van der Waals surface area contributed by atoms with Crippen LogP contribution in [0.2, 0.25) is 0 Å². The molecule has 1 aromatic heterocycles. The lowest BCUT2D eigenvalue weighted by molar-refractivity contribution is -0.00899. The number of benzene rings is 1. The zero-order valence-corrected chi connectivity index (χ0v) is 11.8. The third-order valence-corrected chi connectivity index (χ3v) is 3.56. The number of aromatic nitrogens is 3. The Bertz CT molecular complexity index is 626. The highest BCUT2D eigenvalue weighted by Crippen LogP contribution is 2.45. The molecule has 106 valence electrons. The molecule has 0 saturated heterocycles. The van der Waals surface area contributed by atoms with E-state index in [1.165, 1.54) is 4.68 Å². The summed E-state index contributed by atoms with van der Waals surface area (Å²) in [4.78, 5) is 4.09. The normalized spacial score (nSPS) is 20.9. The minimum Gasteiger partial charge on any atom is -0.237 e. The minimum absolute atomic E-state index is 0.212. The van der Waals surface area contributed by atoms with Crippen LogP contribution in [0.1, 0.15) is 50.4 Å². The first-order valence-electron chi connectivity index (χ1n) is 6.69. The number of hydrogen-bond donors (Lipinski definition) is 0. The molecule has 5 heteroatoms. The van der Waals surface area contributed by atoms with Gasteiger partial charge in [0.25, 0.3) is 0 Å². The summed E-state index contributed by atoms with van der Waals surface area (Å²) in [6.45, 7) is 5.77. The number of nitrogens with zero attached hydrogens (tertiary/aromatic N) is 3. The molecule has 1 unspecified atom stereocenters. The van der Waals surface area contributed by atoms with Crippen LogP contribution in [0.15, 0.2) is 30.3 Å². The maximum atomic E-state index is 14.2. The van der Waals surface area contributed by atoms with Crippen molar-refractivity contribution in [3.05, 3.63) is 47.5 Å². The van der Waals surface area contributed by atoms with Crippen molar-refractivity contribution in [3.8, 4) is 0 Å². The van der Waals surface area contributed by atoms with Gasteiger partial charge in [-0.15, -0.1) is 0 Å². The Balaban J connectivity index is 2.10. The van der Waals surface area contributed by atoms with E-state index in [1.54, 1.807) is 0 Å². The van der Waals surface area contributed by atoms with Gasteiger partial charge in [0.15, 0.2) is 11.6 Å². The van der Waals surface area contributed by atoms with Gasteiger partial charge in [0.1, 0.15) is 0 Å². The van der Waals surface area contributed by atoms with Crippen molar-refractivity contribution >= 4 is 0 Å². The Morgan fingerprint density at radius 2 is 1.85 bits per heavy atom. The van der Waals surface area contributed by atoms with E-state index in [0.717, 1.165) is 5.56 Å². The first-order chi connectivity index (χ1) is 9.29. The van der Waals surface area contributed by atoms with Gasteiger partial charge in [0.2, 0.25) is 0 Å². The van der Waals surface area contributed by atoms with E-state index < -0.39 is 12.0 Å². The summed E-state index contributed by atoms with van der Waals surface area (Å²) in [5.74, 6) is -2.67. The number of alkyl halides is 2. The van der Waals surface area contributed by atoms with Crippen molar-refractivity contribution in [2.24, 2.45) is 0 Å². The maximum Gasteiger partial charge on any atom is 0.308 e. The summed E-state index contributed by atoms with van der Waals surface area (Å²) < 4.78 is 29.7. The largest absolute Gasteiger partial charge is 0.308 e. The van der Waals surface area contributed by atoms with Crippen LogP contribution in [-0.2, 0) is 11.3 Å². The molecule has 0 radical (unpaired) electrons. The lowest BCUT2D eigenvalue weighted by Gasteiger charge is -2.16. The molecule has 0 fully saturated rings. The molecule has 2 aromatic rings. The zero-order valence-electron chi connectivity index (χ0n) is 11.8. The van der Waals surface area contributed by atoms with Crippen LogP contribution >= 0.6 is 0 Å². The molecule has 0 aliphatic carbocycles. The van der Waals surface area contributed by atoms with Crippen LogP contribution in [0.4, 0.5) is 8.78 Å². The van der Waals surface area contributed by atoms with Crippen LogP contribution in [0, 0.1) is 0 Å². The van der Waals surface area contributed by atoms with Gasteiger partial charge in [-0.25, -0.2) is 9.67 Å². The molecular formula is C15H17F2N3. The third kappa shape index (κ3) is 2.01. The molecule has 1 aromatic carbocycles. The Labute approximate surface area is 116 Å². The summed E-state index contributed by atoms with van der Waals surface area (Å²) >= 11 is 0. The van der Waals surface area contributed by atoms with Crippen LogP contribution in [-0.4, -0.2) is 14.8 Å². The van der Waals surface area contributed by atoms with Gasteiger partial charge < -0.3 is 0 Å². The van der Waals surface area contributed by atoms with Gasteiger partial charge >= 0.3 is 5.92 Å². The van der Waals surface area contributed by atoms with Crippen molar-refractivity contribution in [2.75, 3.05) is 0 Å². The SMILES string of the molecule is CC(C)(C)c1nc2n(n1)C(c1ccccc1)CC2(F)F. The van der Waals surface area contributed by atoms with Crippen LogP contribution in [0.3, 0.4) is 0 Å². The molecule has 0 amide bonds. The van der Waals surface area contributed by atoms with Crippen LogP contribution in [0.25, 0.3) is 0 Å². The summed E-state index contributed by atoms with van der Waals surface area (Å²) in [6.07, 6.45) is -0.267. The maximum absolute atomic E-state index is 14.2. The monoisotopic (exact) mass is 277 g/mol. The molecule has 0 N–H and O–H groups in total. The fourth-order valence-corrected chi connectivity index (χ4v) is 2.46. The van der Waals surface area contributed by atoms with Gasteiger partial charge in [-0.1, -0.05) is 51.1 Å². The van der Waals surface area contributed by atoms with E-state index in [0.29, 0.717) is 5.82 Å². The fraction of sp³-hybridized carbons (Fsp3) is 0.467. The first-order valence-corrected chi connectivity index (χ1v) is 6.69. The van der Waals surface area contributed by atoms with Crippen molar-refractivity contribution in [3.63, 3.8) is 0 Å². The molecule has 1 aliphatic rings. The fourth-order valence-electron chi connectivity index (χ4n) is 2.46. The van der Waals surface area contributed by atoms with Crippen molar-refractivity contribution in [1.29, 1.82) is 0 Å². The second-order valence-electron chi connectivity index (χ2n) is 6.29. The van der Waals surface area contributed by atoms with Gasteiger partial charge in [0.05, 0.1) is 6.04 Å². The Hall–Kier alpha value is -1.78. The number of hydrogen-bond acceptors (Lipinski definition) is 2. The third-order valence-electron chi connectivity index (χ3n) is 3.56. The summed E-state index contributed by atoms with van der Waals surface area (Å²) in [6, 6.07) is 8.85. The van der Waals surface area contributed by atoms with E-state index in [2.05, 4.69) is 10.1 Å². The second kappa shape index (κ2) is 4.11. The average molecular weight is 277 g/mol. The second-order valence-corrected chi connectivity index (χ2v) is 6.29. The summed E-state index contributed by atoms with van der Waals surface area (Å²) in [7, 11) is 0. The molecule has 1 aliphatic heterocycles. The van der Waals surface area contributed by atoms with Crippen LogP contribution in [0.5, 0.6) is 0 Å². The summed E-state index contributed by atoms with van der Waals surface area (Å²) in [5, 5.41) is 4.34. The predicted molar refractivity (Wildman–Crippen MR) is 71.8 cm³/mol. The van der Waals surface area contributed by atoms with E-state index in [4.69, 9.17) is 0 Å². The Morgan fingerprint density at radius 1 is 1.20 bits per heavy atom. The molecule has 0 bridgehead atoms. The lowest BCUT2D eigenvalue weighted by atomic mass is 9.96. The summed E-state index contributed by atoms with van der Waals surface area (Å²) in [5.41, 5.74) is 0.505. The number of rotatable bonds is 1. The quantitative estimate of drug-likeness (QED) is 0.796. The van der Waals surface area contributed by atoms with E-state index in [9.17, 15) is 8.78 Å². The highest BCUT2D eigenvalue weighted by Gasteiger charge is 2.49. The zero-order chi connectivity index (χ0) is 14.5. The Morgan fingerprint density at radius 3 is 2.45 bits per heavy atom. The molecule has 3 rings (SSSR count). The molecule has 3 nitrogen and oxygen atoms in total. The first kappa shape index (κ1) is 13.2. The molecule has 0 spiro atoms. The lowest BCUT2D eigenvalue weighted by Crippen LogP contribution is -2.17. The van der Waals surface area contributed by atoms with Crippen molar-refractivity contribution in [1.82, 2.24) is 14.8 Å². The van der Waals surface area contributed by atoms with Gasteiger partial charge in [0, 0.05) is 11.8 Å². The highest BCUT2D eigenvalue weighted by molar-refractivity contribution is 5.25. The van der Waals surface area contributed by atoms with Gasteiger partial charge in [-0.05, 0) is 5.56 Å². The van der Waals surface area contributed by atoms with E-state index in [-0.39, 0.29) is 17.7 Å². The smallest absolute Gasteiger partial charge is 0.237 e. The number of halogens is 2.